The van der Waals surface area contributed by atoms with Crippen LogP contribution in [0, 0.1) is 0 Å². The van der Waals surface area contributed by atoms with Crippen LogP contribution in [0.15, 0.2) is 48.5 Å². The van der Waals surface area contributed by atoms with E-state index in [2.05, 4.69) is 34.5 Å². The number of ether oxygens (including phenoxy) is 1. The molecule has 5 rings (SSSR count). The van der Waals surface area contributed by atoms with Crippen LogP contribution in [0.25, 0.3) is 0 Å². The van der Waals surface area contributed by atoms with Crippen LogP contribution < -0.4 is 10.2 Å². The summed E-state index contributed by atoms with van der Waals surface area (Å²) >= 11 is 0. The SMILES string of the molecule is CN1C(=O)C[C@H](C(=O)NC2Cc3ccccc3C2N2CCOCC2)c2ccccc21. The first-order valence-electron chi connectivity index (χ1n) is 10.7. The third-order valence-electron chi connectivity index (χ3n) is 6.70. The van der Waals surface area contributed by atoms with Gasteiger partial charge in [-0.1, -0.05) is 42.5 Å². The number of carbonyl (C=O) groups excluding carboxylic acids is 2. The quantitative estimate of drug-likeness (QED) is 0.851. The number of nitrogens with zero attached hydrogens (tertiary/aromatic N) is 2. The topological polar surface area (TPSA) is 61.9 Å². The summed E-state index contributed by atoms with van der Waals surface area (Å²) in [6.07, 6.45) is 1.02. The molecule has 2 aliphatic heterocycles. The molecule has 3 aliphatic rings. The van der Waals surface area contributed by atoms with Gasteiger partial charge in [0.2, 0.25) is 11.8 Å². The smallest absolute Gasteiger partial charge is 0.228 e. The summed E-state index contributed by atoms with van der Waals surface area (Å²) in [7, 11) is 1.78. The van der Waals surface area contributed by atoms with Gasteiger partial charge in [-0.25, -0.2) is 0 Å². The highest BCUT2D eigenvalue weighted by Crippen LogP contribution is 2.39. The maximum Gasteiger partial charge on any atom is 0.228 e. The summed E-state index contributed by atoms with van der Waals surface area (Å²) in [4.78, 5) is 30.0. The number of fused-ring (bicyclic) bond motifs is 2. The lowest BCUT2D eigenvalue weighted by Gasteiger charge is -2.37. The van der Waals surface area contributed by atoms with Crippen molar-refractivity contribution in [3.05, 3.63) is 65.2 Å². The van der Waals surface area contributed by atoms with Crippen molar-refractivity contribution in [2.75, 3.05) is 38.3 Å². The molecule has 0 radical (unpaired) electrons. The zero-order valence-electron chi connectivity index (χ0n) is 17.2. The second-order valence-electron chi connectivity index (χ2n) is 8.38. The first kappa shape index (κ1) is 19.3. The Morgan fingerprint density at radius 3 is 2.50 bits per heavy atom. The number of rotatable bonds is 3. The van der Waals surface area contributed by atoms with E-state index in [1.807, 2.05) is 24.3 Å². The third kappa shape index (κ3) is 3.30. The fourth-order valence-corrected chi connectivity index (χ4v) is 5.17. The van der Waals surface area contributed by atoms with Crippen molar-refractivity contribution in [3.8, 4) is 0 Å². The zero-order chi connectivity index (χ0) is 20.7. The molecule has 2 aromatic carbocycles. The number of para-hydroxylation sites is 1. The van der Waals surface area contributed by atoms with Gasteiger partial charge in [0.25, 0.3) is 0 Å². The molecule has 1 N–H and O–H groups in total. The number of carbonyl (C=O) groups is 2. The minimum Gasteiger partial charge on any atom is -0.379 e. The van der Waals surface area contributed by atoms with Gasteiger partial charge in [0, 0.05) is 32.2 Å². The lowest BCUT2D eigenvalue weighted by Crippen LogP contribution is -2.49. The minimum atomic E-state index is -0.445. The lowest BCUT2D eigenvalue weighted by atomic mass is 9.88. The van der Waals surface area contributed by atoms with Crippen LogP contribution >= 0.6 is 0 Å². The number of hydrogen-bond donors (Lipinski definition) is 1. The number of hydrogen-bond acceptors (Lipinski definition) is 4. The van der Waals surface area contributed by atoms with Crippen LogP contribution in [0.1, 0.15) is 35.1 Å². The van der Waals surface area contributed by atoms with E-state index in [0.29, 0.717) is 0 Å². The summed E-state index contributed by atoms with van der Waals surface area (Å²) in [5, 5.41) is 3.33. The Morgan fingerprint density at radius 1 is 1.00 bits per heavy atom. The molecule has 3 atom stereocenters. The molecular weight excluding hydrogens is 378 g/mol. The fourth-order valence-electron chi connectivity index (χ4n) is 5.17. The number of amides is 2. The van der Waals surface area contributed by atoms with Gasteiger partial charge in [-0.2, -0.15) is 0 Å². The highest BCUT2D eigenvalue weighted by atomic mass is 16.5. The Hall–Kier alpha value is -2.70. The molecule has 2 heterocycles. The van der Waals surface area contributed by atoms with E-state index in [4.69, 9.17) is 4.74 Å². The van der Waals surface area contributed by atoms with E-state index in [9.17, 15) is 9.59 Å². The van der Waals surface area contributed by atoms with Gasteiger partial charge in [0.1, 0.15) is 0 Å². The molecule has 30 heavy (non-hydrogen) atoms. The molecule has 2 amide bonds. The largest absolute Gasteiger partial charge is 0.379 e. The maximum absolute atomic E-state index is 13.4. The molecule has 2 aromatic rings. The van der Waals surface area contributed by atoms with E-state index in [0.717, 1.165) is 44.0 Å². The molecule has 2 unspecified atom stereocenters. The van der Waals surface area contributed by atoms with Crippen molar-refractivity contribution in [2.45, 2.75) is 30.8 Å². The molecule has 1 saturated heterocycles. The monoisotopic (exact) mass is 405 g/mol. The fraction of sp³-hybridized carbons (Fsp3) is 0.417. The van der Waals surface area contributed by atoms with Crippen molar-refractivity contribution >= 4 is 17.5 Å². The van der Waals surface area contributed by atoms with Gasteiger partial charge in [-0.15, -0.1) is 0 Å². The number of anilines is 1. The molecule has 0 bridgehead atoms. The molecule has 1 fully saturated rings. The molecule has 0 spiro atoms. The van der Waals surface area contributed by atoms with Gasteiger partial charge in [-0.3, -0.25) is 14.5 Å². The van der Waals surface area contributed by atoms with Crippen LogP contribution in [-0.4, -0.2) is 56.1 Å². The zero-order valence-corrected chi connectivity index (χ0v) is 17.2. The molecule has 1 aliphatic carbocycles. The van der Waals surface area contributed by atoms with Gasteiger partial charge in [0.15, 0.2) is 0 Å². The van der Waals surface area contributed by atoms with E-state index in [-0.39, 0.29) is 30.3 Å². The highest BCUT2D eigenvalue weighted by molar-refractivity contribution is 6.02. The standard InChI is InChI=1S/C24H27N3O3/c1-26-21-9-5-4-8-18(21)19(15-22(26)28)24(29)25-20-14-16-6-2-3-7-17(16)23(20)27-10-12-30-13-11-27/h2-9,19-20,23H,10-15H2,1H3,(H,25,29)/t19-,20?,23?/m0/s1. The minimum absolute atomic E-state index is 0.00470. The number of morpholine rings is 1. The first-order valence-corrected chi connectivity index (χ1v) is 10.7. The Balaban J connectivity index is 1.41. The van der Waals surface area contributed by atoms with Gasteiger partial charge in [-0.05, 0) is 29.2 Å². The van der Waals surface area contributed by atoms with Crippen molar-refractivity contribution < 1.29 is 14.3 Å². The maximum atomic E-state index is 13.4. The Labute approximate surface area is 176 Å². The normalized spacial score (nSPS) is 26.2. The molecular formula is C24H27N3O3. The molecule has 0 aromatic heterocycles. The second kappa shape index (κ2) is 7.85. The Kier molecular flexibility index (Phi) is 5.05. The molecule has 6 heteroatoms. The van der Waals surface area contributed by atoms with Crippen LogP contribution in [0.3, 0.4) is 0 Å². The predicted octanol–water partition coefficient (Wildman–Crippen LogP) is 2.25. The third-order valence-corrected chi connectivity index (χ3v) is 6.70. The lowest BCUT2D eigenvalue weighted by molar-refractivity contribution is -0.128. The summed E-state index contributed by atoms with van der Waals surface area (Å²) in [6, 6.07) is 16.3. The van der Waals surface area contributed by atoms with Gasteiger partial charge >= 0.3 is 0 Å². The van der Waals surface area contributed by atoms with Crippen molar-refractivity contribution in [1.29, 1.82) is 0 Å². The Morgan fingerprint density at radius 2 is 1.70 bits per heavy atom. The van der Waals surface area contributed by atoms with Crippen LogP contribution in [0.2, 0.25) is 0 Å². The Bertz CT molecular complexity index is 970. The van der Waals surface area contributed by atoms with E-state index in [1.54, 1.807) is 11.9 Å². The van der Waals surface area contributed by atoms with E-state index < -0.39 is 5.92 Å². The van der Waals surface area contributed by atoms with Gasteiger partial charge in [0.05, 0.1) is 31.2 Å². The van der Waals surface area contributed by atoms with Crippen LogP contribution in [-0.2, 0) is 20.7 Å². The molecule has 156 valence electrons. The summed E-state index contributed by atoms with van der Waals surface area (Å²) < 4.78 is 5.55. The van der Waals surface area contributed by atoms with Crippen molar-refractivity contribution in [2.24, 2.45) is 0 Å². The second-order valence-corrected chi connectivity index (χ2v) is 8.38. The summed E-state index contributed by atoms with van der Waals surface area (Å²) in [5.41, 5.74) is 4.34. The van der Waals surface area contributed by atoms with Gasteiger partial charge < -0.3 is 15.0 Å². The summed E-state index contributed by atoms with van der Waals surface area (Å²) in [6.45, 7) is 3.16. The van der Waals surface area contributed by atoms with Crippen LogP contribution in [0.5, 0.6) is 0 Å². The van der Waals surface area contributed by atoms with E-state index >= 15 is 0 Å². The summed E-state index contributed by atoms with van der Waals surface area (Å²) in [5.74, 6) is -0.521. The number of benzene rings is 2. The highest BCUT2D eigenvalue weighted by Gasteiger charge is 2.40. The van der Waals surface area contributed by atoms with Crippen LogP contribution in [0.4, 0.5) is 5.69 Å². The first-order chi connectivity index (χ1) is 14.6. The number of nitrogens with one attached hydrogen (secondary N) is 1. The average molecular weight is 405 g/mol. The average Bonchev–Trinajstić information content (AvgIpc) is 3.14. The predicted molar refractivity (Wildman–Crippen MR) is 114 cm³/mol. The van der Waals surface area contributed by atoms with Crippen molar-refractivity contribution in [3.63, 3.8) is 0 Å². The van der Waals surface area contributed by atoms with E-state index in [1.165, 1.54) is 11.1 Å². The van der Waals surface area contributed by atoms with Crippen molar-refractivity contribution in [1.82, 2.24) is 10.2 Å². The molecule has 6 nitrogen and oxygen atoms in total. The molecule has 0 saturated carbocycles.